The van der Waals surface area contributed by atoms with Gasteiger partial charge in [-0.1, -0.05) is 43.3 Å². The SMILES string of the molecule is CC(C[NH+]1CCCCC1)C(C(=O)N1CCCC1)(c1ccccc1)c1ccccn1.[Cl-]. The monoisotopic (exact) mass is 427 g/mol. The Labute approximate surface area is 187 Å². The Morgan fingerprint density at radius 3 is 2.30 bits per heavy atom. The van der Waals surface area contributed by atoms with Crippen molar-refractivity contribution in [3.05, 3.63) is 66.0 Å². The predicted octanol–water partition coefficient (Wildman–Crippen LogP) is -0.301. The van der Waals surface area contributed by atoms with Crippen LogP contribution in [0, 0.1) is 5.92 Å². The number of nitrogens with zero attached hydrogens (tertiary/aromatic N) is 2. The van der Waals surface area contributed by atoms with Crippen molar-refractivity contribution in [3.63, 3.8) is 0 Å². The van der Waals surface area contributed by atoms with E-state index in [0.717, 1.165) is 43.7 Å². The Bertz CT molecular complexity index is 747. The van der Waals surface area contributed by atoms with Crippen LogP contribution >= 0.6 is 0 Å². The first-order valence-electron chi connectivity index (χ1n) is 11.3. The van der Waals surface area contributed by atoms with Crippen molar-refractivity contribution in [2.45, 2.75) is 44.4 Å². The van der Waals surface area contributed by atoms with Crippen LogP contribution in [0.4, 0.5) is 0 Å². The van der Waals surface area contributed by atoms with Gasteiger partial charge in [-0.2, -0.15) is 0 Å². The van der Waals surface area contributed by atoms with Gasteiger partial charge in [0.2, 0.25) is 5.91 Å². The maximum absolute atomic E-state index is 14.2. The lowest BCUT2D eigenvalue weighted by atomic mass is 9.66. The van der Waals surface area contributed by atoms with Crippen LogP contribution in [0.5, 0.6) is 0 Å². The van der Waals surface area contributed by atoms with E-state index in [4.69, 9.17) is 4.98 Å². The minimum atomic E-state index is -0.725. The van der Waals surface area contributed by atoms with Gasteiger partial charge >= 0.3 is 0 Å². The number of amides is 1. The molecule has 2 aromatic rings. The molecule has 0 spiro atoms. The van der Waals surface area contributed by atoms with E-state index in [1.807, 2.05) is 24.4 Å². The summed E-state index contributed by atoms with van der Waals surface area (Å²) in [5.74, 6) is 0.407. The zero-order valence-corrected chi connectivity index (χ0v) is 18.8. The van der Waals surface area contributed by atoms with Crippen molar-refractivity contribution >= 4 is 5.91 Å². The quantitative estimate of drug-likeness (QED) is 0.687. The van der Waals surface area contributed by atoms with Gasteiger partial charge in [-0.25, -0.2) is 0 Å². The lowest BCUT2D eigenvalue weighted by Crippen LogP contribution is -3.13. The van der Waals surface area contributed by atoms with Crippen LogP contribution in [0.25, 0.3) is 0 Å². The molecule has 2 aliphatic heterocycles. The molecule has 2 fully saturated rings. The number of hydrogen-bond donors (Lipinski definition) is 1. The van der Waals surface area contributed by atoms with Gasteiger partial charge in [0.05, 0.1) is 25.3 Å². The molecule has 2 unspecified atom stereocenters. The molecule has 30 heavy (non-hydrogen) atoms. The summed E-state index contributed by atoms with van der Waals surface area (Å²) in [6, 6.07) is 16.4. The molecule has 3 heterocycles. The summed E-state index contributed by atoms with van der Waals surface area (Å²) in [5, 5.41) is 0. The van der Waals surface area contributed by atoms with Crippen LogP contribution in [0.1, 0.15) is 50.3 Å². The summed E-state index contributed by atoms with van der Waals surface area (Å²) in [6.07, 6.45) is 7.97. The third-order valence-electron chi connectivity index (χ3n) is 6.92. The van der Waals surface area contributed by atoms with Gasteiger partial charge in [0.15, 0.2) is 0 Å². The van der Waals surface area contributed by atoms with Crippen LogP contribution in [0.2, 0.25) is 0 Å². The number of carbonyl (C=O) groups excluding carboxylic acids is 1. The number of hydrogen-bond acceptors (Lipinski definition) is 2. The van der Waals surface area contributed by atoms with E-state index in [1.54, 1.807) is 4.90 Å². The van der Waals surface area contributed by atoms with Crippen LogP contribution in [0.15, 0.2) is 54.7 Å². The smallest absolute Gasteiger partial charge is 0.239 e. The number of carbonyl (C=O) groups is 1. The summed E-state index contributed by atoms with van der Waals surface area (Å²) >= 11 is 0. The van der Waals surface area contributed by atoms with Crippen molar-refractivity contribution in [1.29, 1.82) is 0 Å². The molecular formula is C25H34ClN3O. The second-order valence-electron chi connectivity index (χ2n) is 8.80. The number of nitrogens with one attached hydrogen (secondary N) is 1. The lowest BCUT2D eigenvalue weighted by Gasteiger charge is -2.41. The molecule has 0 aliphatic carbocycles. The number of piperidine rings is 1. The lowest BCUT2D eigenvalue weighted by molar-refractivity contribution is -0.908. The average Bonchev–Trinajstić information content (AvgIpc) is 3.31. The number of halogens is 1. The van der Waals surface area contributed by atoms with Crippen LogP contribution in [-0.4, -0.2) is 48.5 Å². The zero-order chi connectivity index (χ0) is 20.1. The summed E-state index contributed by atoms with van der Waals surface area (Å²) in [7, 11) is 0. The molecule has 2 aliphatic rings. The first-order chi connectivity index (χ1) is 14.2. The van der Waals surface area contributed by atoms with Gasteiger partial charge in [0, 0.05) is 25.2 Å². The summed E-state index contributed by atoms with van der Waals surface area (Å²) < 4.78 is 0. The fraction of sp³-hybridized carbons (Fsp3) is 0.520. The van der Waals surface area contributed by atoms with Gasteiger partial charge in [-0.05, 0) is 49.8 Å². The maximum atomic E-state index is 14.2. The fourth-order valence-corrected chi connectivity index (χ4v) is 5.44. The summed E-state index contributed by atoms with van der Waals surface area (Å²) in [4.78, 5) is 22.7. The van der Waals surface area contributed by atoms with E-state index in [-0.39, 0.29) is 24.2 Å². The van der Waals surface area contributed by atoms with Gasteiger partial charge in [0.1, 0.15) is 5.41 Å². The molecule has 1 N–H and O–H groups in total. The molecule has 0 radical (unpaired) electrons. The van der Waals surface area contributed by atoms with Crippen molar-refractivity contribution in [3.8, 4) is 0 Å². The Balaban J connectivity index is 0.00000256. The van der Waals surface area contributed by atoms with Crippen LogP contribution in [-0.2, 0) is 10.2 Å². The van der Waals surface area contributed by atoms with Crippen molar-refractivity contribution in [2.75, 3.05) is 32.7 Å². The molecule has 1 amide bonds. The normalized spacial score (nSPS) is 20.2. The number of aromatic nitrogens is 1. The second kappa shape index (κ2) is 10.4. The molecule has 2 saturated heterocycles. The molecule has 5 heteroatoms. The first-order valence-corrected chi connectivity index (χ1v) is 11.3. The number of rotatable bonds is 6. The maximum Gasteiger partial charge on any atom is 0.239 e. The van der Waals surface area contributed by atoms with E-state index in [1.165, 1.54) is 32.4 Å². The van der Waals surface area contributed by atoms with E-state index < -0.39 is 5.41 Å². The minimum absolute atomic E-state index is 0. The Hall–Kier alpha value is -1.91. The molecule has 2 atom stereocenters. The largest absolute Gasteiger partial charge is 1.00 e. The molecule has 1 aromatic heterocycles. The molecule has 4 rings (SSSR count). The van der Waals surface area contributed by atoms with Gasteiger partial charge in [-0.15, -0.1) is 0 Å². The van der Waals surface area contributed by atoms with Crippen molar-refractivity contribution in [1.82, 2.24) is 9.88 Å². The van der Waals surface area contributed by atoms with Crippen molar-refractivity contribution < 1.29 is 22.1 Å². The standard InChI is InChI=1S/C25H33N3O.ClH/c1-21(20-27-16-8-3-9-17-27)25(22-12-4-2-5-13-22,23-14-6-7-15-26-23)24(29)28-18-10-11-19-28;/h2,4-7,12-15,21H,3,8-11,16-20H2,1H3;1H. The highest BCUT2D eigenvalue weighted by Crippen LogP contribution is 2.40. The average molecular weight is 428 g/mol. The highest BCUT2D eigenvalue weighted by Gasteiger charge is 2.51. The number of likely N-dealkylation sites (tertiary alicyclic amines) is 2. The molecule has 0 saturated carbocycles. The van der Waals surface area contributed by atoms with E-state index >= 15 is 0 Å². The highest BCUT2D eigenvalue weighted by molar-refractivity contribution is 5.92. The fourth-order valence-electron chi connectivity index (χ4n) is 5.44. The number of quaternary nitrogens is 1. The predicted molar refractivity (Wildman–Crippen MR) is 116 cm³/mol. The number of benzene rings is 1. The molecule has 162 valence electrons. The van der Waals surface area contributed by atoms with Gasteiger partial charge < -0.3 is 22.2 Å². The topological polar surface area (TPSA) is 37.6 Å². The zero-order valence-electron chi connectivity index (χ0n) is 18.0. The first kappa shape index (κ1) is 22.8. The summed E-state index contributed by atoms with van der Waals surface area (Å²) in [5.41, 5.74) is 1.25. The van der Waals surface area contributed by atoms with Crippen LogP contribution in [0.3, 0.4) is 0 Å². The Morgan fingerprint density at radius 1 is 1.00 bits per heavy atom. The number of pyridine rings is 1. The summed E-state index contributed by atoms with van der Waals surface area (Å²) in [6.45, 7) is 7.44. The molecule has 4 nitrogen and oxygen atoms in total. The van der Waals surface area contributed by atoms with Gasteiger partial charge in [0.25, 0.3) is 0 Å². The van der Waals surface area contributed by atoms with Crippen molar-refractivity contribution in [2.24, 2.45) is 5.92 Å². The third kappa shape index (κ3) is 4.40. The minimum Gasteiger partial charge on any atom is -1.00 e. The van der Waals surface area contributed by atoms with E-state index in [0.29, 0.717) is 0 Å². The molecule has 1 aromatic carbocycles. The van der Waals surface area contributed by atoms with E-state index in [2.05, 4.69) is 42.2 Å². The third-order valence-corrected chi connectivity index (χ3v) is 6.92. The second-order valence-corrected chi connectivity index (χ2v) is 8.80. The Morgan fingerprint density at radius 2 is 1.67 bits per heavy atom. The molecule has 0 bridgehead atoms. The van der Waals surface area contributed by atoms with Crippen LogP contribution < -0.4 is 17.3 Å². The molecular weight excluding hydrogens is 394 g/mol. The van der Waals surface area contributed by atoms with Gasteiger partial charge in [-0.3, -0.25) is 9.78 Å². The van der Waals surface area contributed by atoms with E-state index in [9.17, 15) is 4.79 Å². The highest BCUT2D eigenvalue weighted by atomic mass is 35.5. The Kier molecular flexibility index (Phi) is 7.90.